The number of nitro benzene ring substituents is 1. The molecule has 1 aliphatic rings. The van der Waals surface area contributed by atoms with Gasteiger partial charge in [-0.15, -0.1) is 0 Å². The first-order chi connectivity index (χ1) is 10.1. The third-order valence-electron chi connectivity index (χ3n) is 3.50. The van der Waals surface area contributed by atoms with Gasteiger partial charge in [-0.3, -0.25) is 14.9 Å². The second kappa shape index (κ2) is 5.36. The van der Waals surface area contributed by atoms with Gasteiger partial charge in [0.2, 0.25) is 0 Å². The van der Waals surface area contributed by atoms with Crippen molar-refractivity contribution < 1.29 is 9.72 Å². The topological polar surface area (TPSA) is 65.1 Å². The maximum atomic E-state index is 11.7. The number of nitro groups is 1. The van der Waals surface area contributed by atoms with Crippen molar-refractivity contribution in [3.05, 3.63) is 64.5 Å². The number of nitrogens with zero attached hydrogens (tertiary/aromatic N) is 2. The summed E-state index contributed by atoms with van der Waals surface area (Å²) in [6.45, 7) is 0. The second-order valence-electron chi connectivity index (χ2n) is 5.09. The molecule has 5 heteroatoms. The van der Waals surface area contributed by atoms with Gasteiger partial charge < -0.3 is 4.57 Å². The molecule has 2 aromatic rings. The molecule has 1 fully saturated rings. The summed E-state index contributed by atoms with van der Waals surface area (Å²) >= 11 is 0. The van der Waals surface area contributed by atoms with Crippen LogP contribution in [0, 0.1) is 16.0 Å². The quantitative estimate of drug-likeness (QED) is 0.479. The second-order valence-corrected chi connectivity index (χ2v) is 5.09. The molecule has 0 saturated heterocycles. The maximum Gasteiger partial charge on any atom is 0.271 e. The Morgan fingerprint density at radius 3 is 2.81 bits per heavy atom. The zero-order chi connectivity index (χ0) is 14.8. The molecule has 0 aliphatic heterocycles. The van der Waals surface area contributed by atoms with Gasteiger partial charge in [0, 0.05) is 29.9 Å². The first-order valence-electron chi connectivity index (χ1n) is 6.79. The van der Waals surface area contributed by atoms with E-state index in [9.17, 15) is 14.9 Å². The van der Waals surface area contributed by atoms with Gasteiger partial charge in [-0.25, -0.2) is 0 Å². The van der Waals surface area contributed by atoms with E-state index in [2.05, 4.69) is 0 Å². The van der Waals surface area contributed by atoms with Crippen LogP contribution in [0.5, 0.6) is 0 Å². The van der Waals surface area contributed by atoms with E-state index in [1.54, 1.807) is 24.3 Å². The highest BCUT2D eigenvalue weighted by molar-refractivity contribution is 5.96. The van der Waals surface area contributed by atoms with Crippen LogP contribution in [0.25, 0.3) is 11.8 Å². The average Bonchev–Trinajstić information content (AvgIpc) is 3.23. The van der Waals surface area contributed by atoms with Crippen LogP contribution < -0.4 is 0 Å². The lowest BCUT2D eigenvalue weighted by molar-refractivity contribution is -0.384. The molecule has 0 bridgehead atoms. The fraction of sp³-hybridized carbons (Fsp3) is 0.188. The molecular weight excluding hydrogens is 268 g/mol. The normalized spacial score (nSPS) is 14.5. The standard InChI is InChI=1S/C16H14N2O3/c19-16(12-6-7-12)9-8-13-5-2-10-17(13)14-3-1-4-15(11-14)18(20)21/h1-5,8-12H,6-7H2/b9-8+. The molecule has 0 N–H and O–H groups in total. The number of hydrogen-bond donors (Lipinski definition) is 0. The first-order valence-corrected chi connectivity index (χ1v) is 6.79. The Kier molecular flexibility index (Phi) is 3.39. The van der Waals surface area contributed by atoms with Crippen molar-refractivity contribution in [3.8, 4) is 5.69 Å². The predicted molar refractivity (Wildman–Crippen MR) is 79.2 cm³/mol. The minimum Gasteiger partial charge on any atom is -0.317 e. The number of carbonyl (C=O) groups excluding carboxylic acids is 1. The van der Waals surface area contributed by atoms with Crippen LogP contribution in [0.2, 0.25) is 0 Å². The Labute approximate surface area is 121 Å². The Balaban J connectivity index is 1.89. The van der Waals surface area contributed by atoms with Crippen LogP contribution in [0.1, 0.15) is 18.5 Å². The van der Waals surface area contributed by atoms with Gasteiger partial charge in [0.15, 0.2) is 5.78 Å². The number of aromatic nitrogens is 1. The van der Waals surface area contributed by atoms with Crippen molar-refractivity contribution in [2.45, 2.75) is 12.8 Å². The van der Waals surface area contributed by atoms with Crippen molar-refractivity contribution in [2.75, 3.05) is 0 Å². The van der Waals surface area contributed by atoms with Crippen molar-refractivity contribution in [1.29, 1.82) is 0 Å². The molecule has 1 heterocycles. The molecule has 1 saturated carbocycles. The molecule has 0 radical (unpaired) electrons. The highest BCUT2D eigenvalue weighted by Gasteiger charge is 2.27. The predicted octanol–water partition coefficient (Wildman–Crippen LogP) is 3.38. The van der Waals surface area contributed by atoms with Crippen molar-refractivity contribution in [1.82, 2.24) is 4.57 Å². The first kappa shape index (κ1) is 13.3. The van der Waals surface area contributed by atoms with E-state index in [1.807, 2.05) is 22.9 Å². The van der Waals surface area contributed by atoms with Crippen LogP contribution in [0.15, 0.2) is 48.7 Å². The van der Waals surface area contributed by atoms with Crippen LogP contribution in [-0.4, -0.2) is 15.3 Å². The molecule has 5 nitrogen and oxygen atoms in total. The summed E-state index contributed by atoms with van der Waals surface area (Å²) in [5.74, 6) is 0.351. The summed E-state index contributed by atoms with van der Waals surface area (Å²) in [5.41, 5.74) is 1.57. The summed E-state index contributed by atoms with van der Waals surface area (Å²) in [6, 6.07) is 10.1. The minimum absolute atomic E-state index is 0.0465. The molecule has 0 unspecified atom stereocenters. The van der Waals surface area contributed by atoms with Gasteiger partial charge in [0.1, 0.15) is 0 Å². The third-order valence-corrected chi connectivity index (χ3v) is 3.50. The van der Waals surface area contributed by atoms with Gasteiger partial charge in [-0.05, 0) is 43.2 Å². The fourth-order valence-corrected chi connectivity index (χ4v) is 2.19. The van der Waals surface area contributed by atoms with Gasteiger partial charge >= 0.3 is 0 Å². The van der Waals surface area contributed by atoms with Gasteiger partial charge in [-0.1, -0.05) is 6.07 Å². The van der Waals surface area contributed by atoms with Gasteiger partial charge in [-0.2, -0.15) is 0 Å². The van der Waals surface area contributed by atoms with Crippen LogP contribution in [0.3, 0.4) is 0 Å². The number of ketones is 1. The lowest BCUT2D eigenvalue weighted by Crippen LogP contribution is -1.98. The number of carbonyl (C=O) groups is 1. The smallest absolute Gasteiger partial charge is 0.271 e. The third kappa shape index (κ3) is 2.91. The van der Waals surface area contributed by atoms with E-state index in [-0.39, 0.29) is 17.4 Å². The average molecular weight is 282 g/mol. The van der Waals surface area contributed by atoms with E-state index in [0.717, 1.165) is 18.5 Å². The van der Waals surface area contributed by atoms with E-state index >= 15 is 0 Å². The number of benzene rings is 1. The summed E-state index contributed by atoms with van der Waals surface area (Å²) in [6.07, 6.45) is 7.14. The zero-order valence-corrected chi connectivity index (χ0v) is 11.3. The number of rotatable bonds is 5. The summed E-state index contributed by atoms with van der Waals surface area (Å²) in [4.78, 5) is 22.1. The van der Waals surface area contributed by atoms with Gasteiger partial charge in [0.05, 0.1) is 10.6 Å². The minimum atomic E-state index is -0.418. The van der Waals surface area contributed by atoms with Crippen molar-refractivity contribution in [3.63, 3.8) is 0 Å². The van der Waals surface area contributed by atoms with E-state index in [4.69, 9.17) is 0 Å². The van der Waals surface area contributed by atoms with Crippen molar-refractivity contribution in [2.24, 2.45) is 5.92 Å². The van der Waals surface area contributed by atoms with E-state index in [1.165, 1.54) is 12.1 Å². The molecule has 1 aliphatic carbocycles. The lowest BCUT2D eigenvalue weighted by atomic mass is 10.2. The largest absolute Gasteiger partial charge is 0.317 e. The zero-order valence-electron chi connectivity index (χ0n) is 11.3. The van der Waals surface area contributed by atoms with Gasteiger partial charge in [0.25, 0.3) is 5.69 Å². The maximum absolute atomic E-state index is 11.7. The molecule has 3 rings (SSSR count). The van der Waals surface area contributed by atoms with Crippen LogP contribution >= 0.6 is 0 Å². The SMILES string of the molecule is O=C(/C=C/c1cccn1-c1cccc([N+](=O)[O-])c1)C1CC1. The highest BCUT2D eigenvalue weighted by atomic mass is 16.6. The van der Waals surface area contributed by atoms with E-state index < -0.39 is 4.92 Å². The molecule has 0 spiro atoms. The number of hydrogen-bond acceptors (Lipinski definition) is 3. The van der Waals surface area contributed by atoms with Crippen LogP contribution in [0.4, 0.5) is 5.69 Å². The molecule has 0 atom stereocenters. The Morgan fingerprint density at radius 1 is 1.29 bits per heavy atom. The van der Waals surface area contributed by atoms with Crippen molar-refractivity contribution >= 4 is 17.5 Å². The number of allylic oxidation sites excluding steroid dienone is 1. The molecule has 21 heavy (non-hydrogen) atoms. The monoisotopic (exact) mass is 282 g/mol. The Bertz CT molecular complexity index is 727. The molecular formula is C16H14N2O3. The summed E-state index contributed by atoms with van der Waals surface area (Å²) in [7, 11) is 0. The Hall–Kier alpha value is -2.69. The summed E-state index contributed by atoms with van der Waals surface area (Å²) in [5, 5.41) is 10.8. The fourth-order valence-electron chi connectivity index (χ4n) is 2.19. The lowest BCUT2D eigenvalue weighted by Gasteiger charge is -2.06. The van der Waals surface area contributed by atoms with Crippen LogP contribution in [-0.2, 0) is 4.79 Å². The molecule has 1 aromatic heterocycles. The number of non-ortho nitro benzene ring substituents is 1. The summed E-state index contributed by atoms with van der Waals surface area (Å²) < 4.78 is 1.82. The molecule has 0 amide bonds. The molecule has 106 valence electrons. The Morgan fingerprint density at radius 2 is 2.10 bits per heavy atom. The highest BCUT2D eigenvalue weighted by Crippen LogP contribution is 2.30. The molecule has 1 aromatic carbocycles. The van der Waals surface area contributed by atoms with E-state index in [0.29, 0.717) is 5.69 Å².